The molecule has 3 N–H and O–H groups in total. The van der Waals surface area contributed by atoms with E-state index < -0.39 is 11.7 Å². The molecule has 1 saturated heterocycles. The van der Waals surface area contributed by atoms with Gasteiger partial charge in [-0.15, -0.1) is 0 Å². The van der Waals surface area contributed by atoms with Crippen LogP contribution in [0.1, 0.15) is 41.6 Å². The Hall–Kier alpha value is -2.57. The number of hydrogen-bond acceptors (Lipinski definition) is 3. The minimum absolute atomic E-state index is 0.0845. The molecule has 2 heterocycles. The van der Waals surface area contributed by atoms with Gasteiger partial charge in [-0.1, -0.05) is 24.3 Å². The number of nitrogens with zero attached hydrogens (tertiary/aromatic N) is 2. The Balaban J connectivity index is 1.77. The number of amidine groups is 1. The first-order chi connectivity index (χ1) is 13.3. The van der Waals surface area contributed by atoms with Crippen molar-refractivity contribution >= 4 is 11.7 Å². The smallest absolute Gasteiger partial charge is 0.387 e. The van der Waals surface area contributed by atoms with Crippen molar-refractivity contribution in [2.75, 3.05) is 18.0 Å². The van der Waals surface area contributed by atoms with Crippen LogP contribution in [-0.4, -0.2) is 23.9 Å². The summed E-state index contributed by atoms with van der Waals surface area (Å²) in [5.41, 5.74) is 6.69. The van der Waals surface area contributed by atoms with E-state index in [1.165, 1.54) is 12.1 Å². The highest BCUT2D eigenvalue weighted by Crippen LogP contribution is 2.33. The quantitative estimate of drug-likeness (QED) is 0.569. The number of aryl methyl sites for hydroxylation is 2. The summed E-state index contributed by atoms with van der Waals surface area (Å²) >= 11 is 0. The van der Waals surface area contributed by atoms with E-state index in [0.717, 1.165) is 43.5 Å². The summed E-state index contributed by atoms with van der Waals surface area (Å²) in [6, 6.07) is 10.1. The fraction of sp³-hybridized carbons (Fsp3) is 0.429. The average molecular weight is 390 g/mol. The van der Waals surface area contributed by atoms with E-state index in [1.807, 2.05) is 24.3 Å². The van der Waals surface area contributed by atoms with Crippen molar-refractivity contribution in [1.29, 1.82) is 5.41 Å². The zero-order valence-electron chi connectivity index (χ0n) is 15.7. The SMILES string of the molecule is N=C(N)Cc1ccc(CCc2nc(N3CCCCC3)ccc2C(F)(F)F)cc1. The van der Waals surface area contributed by atoms with Crippen LogP contribution in [0.5, 0.6) is 0 Å². The number of halogens is 3. The van der Waals surface area contributed by atoms with Gasteiger partial charge in [-0.2, -0.15) is 13.2 Å². The Morgan fingerprint density at radius 2 is 1.61 bits per heavy atom. The molecule has 0 radical (unpaired) electrons. The number of nitrogens with one attached hydrogen (secondary N) is 1. The predicted octanol–water partition coefficient (Wildman–Crippen LogP) is 4.35. The van der Waals surface area contributed by atoms with Gasteiger partial charge < -0.3 is 10.6 Å². The lowest BCUT2D eigenvalue weighted by Crippen LogP contribution is -2.30. The van der Waals surface area contributed by atoms with Crippen LogP contribution in [0.4, 0.5) is 19.0 Å². The van der Waals surface area contributed by atoms with Crippen molar-refractivity contribution in [3.8, 4) is 0 Å². The Kier molecular flexibility index (Phi) is 6.21. The Morgan fingerprint density at radius 1 is 0.964 bits per heavy atom. The Labute approximate surface area is 163 Å². The first-order valence-electron chi connectivity index (χ1n) is 9.56. The van der Waals surface area contributed by atoms with Gasteiger partial charge in [0.1, 0.15) is 5.82 Å². The molecule has 1 aromatic heterocycles. The molecule has 4 nitrogen and oxygen atoms in total. The van der Waals surface area contributed by atoms with Crippen LogP contribution in [-0.2, 0) is 25.4 Å². The van der Waals surface area contributed by atoms with Crippen molar-refractivity contribution in [3.63, 3.8) is 0 Å². The molecule has 0 bridgehead atoms. The lowest BCUT2D eigenvalue weighted by Gasteiger charge is -2.28. The van der Waals surface area contributed by atoms with E-state index in [1.54, 1.807) is 0 Å². The molecular formula is C21H25F3N4. The average Bonchev–Trinajstić information content (AvgIpc) is 2.67. The lowest BCUT2D eigenvalue weighted by molar-refractivity contribution is -0.138. The monoisotopic (exact) mass is 390 g/mol. The van der Waals surface area contributed by atoms with E-state index in [9.17, 15) is 13.2 Å². The van der Waals surface area contributed by atoms with Gasteiger partial charge in [0.05, 0.1) is 17.1 Å². The molecule has 1 fully saturated rings. The number of alkyl halides is 3. The molecule has 28 heavy (non-hydrogen) atoms. The highest BCUT2D eigenvalue weighted by molar-refractivity contribution is 5.79. The van der Waals surface area contributed by atoms with Crippen LogP contribution < -0.4 is 10.6 Å². The maximum Gasteiger partial charge on any atom is 0.418 e. The molecule has 150 valence electrons. The molecule has 2 aromatic rings. The maximum atomic E-state index is 13.4. The largest absolute Gasteiger partial charge is 0.418 e. The van der Waals surface area contributed by atoms with E-state index in [2.05, 4.69) is 9.88 Å². The molecule has 3 rings (SSSR count). The third kappa shape index (κ3) is 5.24. The Morgan fingerprint density at radius 3 is 2.21 bits per heavy atom. The highest BCUT2D eigenvalue weighted by Gasteiger charge is 2.34. The standard InChI is InChI=1S/C21H25F3N4/c22-21(23,24)17-9-11-20(28-12-2-1-3-13-28)27-18(17)10-8-15-4-6-16(7-5-15)14-19(25)26/h4-7,9,11H,1-3,8,10,12-14H2,(H3,25,26). The molecule has 0 saturated carbocycles. The van der Waals surface area contributed by atoms with E-state index >= 15 is 0 Å². The summed E-state index contributed by atoms with van der Waals surface area (Å²) < 4.78 is 40.3. The first-order valence-corrected chi connectivity index (χ1v) is 9.56. The lowest BCUT2D eigenvalue weighted by atomic mass is 10.0. The van der Waals surface area contributed by atoms with Crippen LogP contribution in [0, 0.1) is 5.41 Å². The molecule has 1 aliphatic heterocycles. The fourth-order valence-electron chi connectivity index (χ4n) is 3.54. The summed E-state index contributed by atoms with van der Waals surface area (Å²) in [7, 11) is 0. The minimum Gasteiger partial charge on any atom is -0.387 e. The van der Waals surface area contributed by atoms with E-state index in [-0.39, 0.29) is 18.0 Å². The van der Waals surface area contributed by atoms with Crippen LogP contribution in [0.3, 0.4) is 0 Å². The number of benzene rings is 1. The molecule has 1 aliphatic rings. The number of rotatable bonds is 6. The topological polar surface area (TPSA) is 66.0 Å². The highest BCUT2D eigenvalue weighted by atomic mass is 19.4. The van der Waals surface area contributed by atoms with Gasteiger partial charge in [-0.25, -0.2) is 4.98 Å². The van der Waals surface area contributed by atoms with Gasteiger partial charge in [0.2, 0.25) is 0 Å². The zero-order chi connectivity index (χ0) is 20.1. The molecule has 0 atom stereocenters. The third-order valence-electron chi connectivity index (χ3n) is 5.01. The van der Waals surface area contributed by atoms with Gasteiger partial charge in [-0.3, -0.25) is 5.41 Å². The summed E-state index contributed by atoms with van der Waals surface area (Å²) in [5.74, 6) is 0.723. The zero-order valence-corrected chi connectivity index (χ0v) is 15.7. The normalized spacial score (nSPS) is 14.9. The van der Waals surface area contributed by atoms with Gasteiger partial charge >= 0.3 is 6.18 Å². The molecule has 0 spiro atoms. The second-order valence-electron chi connectivity index (χ2n) is 7.23. The Bertz CT molecular complexity index is 809. The van der Waals surface area contributed by atoms with Gasteiger partial charge in [-0.05, 0) is 55.4 Å². The summed E-state index contributed by atoms with van der Waals surface area (Å²) in [6.45, 7) is 1.69. The number of hydrogen-bond donors (Lipinski definition) is 2. The molecular weight excluding hydrogens is 365 g/mol. The molecule has 0 amide bonds. The third-order valence-corrected chi connectivity index (χ3v) is 5.01. The molecule has 0 unspecified atom stereocenters. The molecule has 0 aliphatic carbocycles. The second-order valence-corrected chi connectivity index (χ2v) is 7.23. The maximum absolute atomic E-state index is 13.4. The number of anilines is 1. The van der Waals surface area contributed by atoms with Crippen LogP contribution in [0.2, 0.25) is 0 Å². The summed E-state index contributed by atoms with van der Waals surface area (Å²) in [4.78, 5) is 6.47. The van der Waals surface area contributed by atoms with Gasteiger partial charge in [0, 0.05) is 19.5 Å². The first kappa shape index (κ1) is 20.2. The number of aromatic nitrogens is 1. The number of pyridine rings is 1. The summed E-state index contributed by atoms with van der Waals surface area (Å²) in [6.07, 6.45) is -0.0899. The number of nitrogens with two attached hydrogens (primary N) is 1. The second kappa shape index (κ2) is 8.63. The fourth-order valence-corrected chi connectivity index (χ4v) is 3.54. The van der Waals surface area contributed by atoms with Crippen molar-refractivity contribution in [3.05, 3.63) is 58.8 Å². The van der Waals surface area contributed by atoms with Crippen molar-refractivity contribution in [2.24, 2.45) is 5.73 Å². The van der Waals surface area contributed by atoms with Crippen molar-refractivity contribution in [1.82, 2.24) is 4.98 Å². The minimum atomic E-state index is -4.41. The van der Waals surface area contributed by atoms with Crippen LogP contribution in [0.15, 0.2) is 36.4 Å². The van der Waals surface area contributed by atoms with Crippen LogP contribution >= 0.6 is 0 Å². The predicted molar refractivity (Wildman–Crippen MR) is 105 cm³/mol. The van der Waals surface area contributed by atoms with Gasteiger partial charge in [0.25, 0.3) is 0 Å². The van der Waals surface area contributed by atoms with Crippen molar-refractivity contribution in [2.45, 2.75) is 44.7 Å². The van der Waals surface area contributed by atoms with E-state index in [4.69, 9.17) is 11.1 Å². The summed E-state index contributed by atoms with van der Waals surface area (Å²) in [5, 5.41) is 7.32. The van der Waals surface area contributed by atoms with Gasteiger partial charge in [0.15, 0.2) is 0 Å². The van der Waals surface area contributed by atoms with E-state index in [0.29, 0.717) is 18.7 Å². The van der Waals surface area contributed by atoms with Crippen molar-refractivity contribution < 1.29 is 13.2 Å². The van der Waals surface area contributed by atoms with Crippen LogP contribution in [0.25, 0.3) is 0 Å². The molecule has 7 heteroatoms. The number of piperidine rings is 1. The molecule has 1 aromatic carbocycles.